The number of hydrogen-bond acceptors (Lipinski definition) is 3. The molecule has 0 atom stereocenters. The average Bonchev–Trinajstić information content (AvgIpc) is 2.79. The summed E-state index contributed by atoms with van der Waals surface area (Å²) in [6.45, 7) is 0. The average molecular weight is 390 g/mol. The van der Waals surface area contributed by atoms with Crippen LogP contribution in [0.4, 0.5) is 0 Å². The second-order valence-electron chi connectivity index (χ2n) is 7.33. The Labute approximate surface area is 176 Å². The van der Waals surface area contributed by atoms with Gasteiger partial charge in [0.1, 0.15) is 0 Å². The van der Waals surface area contributed by atoms with Crippen LogP contribution in [0.25, 0.3) is 10.8 Å². The molecule has 0 saturated carbocycles. The molecule has 0 aliphatic rings. The predicted octanol–water partition coefficient (Wildman–Crippen LogP) is 5.87. The third-order valence-corrected chi connectivity index (χ3v) is 5.28. The van der Waals surface area contributed by atoms with Crippen LogP contribution in [-0.4, -0.2) is 17.7 Å². The Hall–Kier alpha value is -3.85. The van der Waals surface area contributed by atoms with Crippen LogP contribution in [0.3, 0.4) is 0 Å². The molecule has 0 radical (unpaired) electrons. The van der Waals surface area contributed by atoms with Crippen molar-refractivity contribution in [2.24, 2.45) is 0 Å². The molecule has 0 amide bonds. The Morgan fingerprint density at radius 1 is 0.700 bits per heavy atom. The van der Waals surface area contributed by atoms with Gasteiger partial charge in [0.15, 0.2) is 6.29 Å². The van der Waals surface area contributed by atoms with Gasteiger partial charge in [0, 0.05) is 41.0 Å². The van der Waals surface area contributed by atoms with E-state index in [1.165, 1.54) is 0 Å². The van der Waals surface area contributed by atoms with Gasteiger partial charge in [-0.2, -0.15) is 0 Å². The lowest BCUT2D eigenvalue weighted by atomic mass is 9.86. The van der Waals surface area contributed by atoms with Crippen LogP contribution in [0.5, 0.6) is 0 Å². The van der Waals surface area contributed by atoms with Gasteiger partial charge in [0.05, 0.1) is 0 Å². The largest absolute Gasteiger partial charge is 0.304 e. The van der Waals surface area contributed by atoms with Crippen LogP contribution in [0, 0.1) is 10.8 Å². The Balaban J connectivity index is 1.84. The highest BCUT2D eigenvalue weighted by molar-refractivity contribution is 6.19. The van der Waals surface area contributed by atoms with Crippen molar-refractivity contribution in [3.63, 3.8) is 0 Å². The number of hydrogen-bond donors (Lipinski definition) is 2. The van der Waals surface area contributed by atoms with Crippen molar-refractivity contribution >= 4 is 28.5 Å². The van der Waals surface area contributed by atoms with Crippen LogP contribution in [0.2, 0.25) is 0 Å². The molecule has 0 aliphatic carbocycles. The molecule has 0 bridgehead atoms. The van der Waals surface area contributed by atoms with Crippen molar-refractivity contribution in [3.8, 4) is 0 Å². The number of fused-ring (bicyclic) bond motifs is 1. The van der Waals surface area contributed by atoms with E-state index in [0.29, 0.717) is 41.0 Å². The zero-order valence-corrected chi connectivity index (χ0v) is 16.6. The third-order valence-electron chi connectivity index (χ3n) is 5.28. The van der Waals surface area contributed by atoms with Gasteiger partial charge in [-0.3, -0.25) is 4.79 Å². The van der Waals surface area contributed by atoms with E-state index in [2.05, 4.69) is 0 Å². The molecule has 4 aromatic carbocycles. The number of carbonyl (C=O) groups excluding carboxylic acids is 1. The fraction of sp³-hybridized carbons (Fsp3) is 0.0741. The van der Waals surface area contributed by atoms with Gasteiger partial charge in [0.2, 0.25) is 0 Å². The van der Waals surface area contributed by atoms with Gasteiger partial charge in [-0.1, -0.05) is 84.9 Å². The van der Waals surface area contributed by atoms with E-state index < -0.39 is 0 Å². The predicted molar refractivity (Wildman–Crippen MR) is 123 cm³/mol. The molecule has 0 aliphatic heterocycles. The van der Waals surface area contributed by atoms with E-state index in [1.54, 1.807) is 0 Å². The molecule has 3 heteroatoms. The summed E-state index contributed by atoms with van der Waals surface area (Å²) in [5.41, 5.74) is 4.50. The molecule has 0 fully saturated rings. The monoisotopic (exact) mass is 390 g/mol. The molecule has 30 heavy (non-hydrogen) atoms. The molecule has 0 unspecified atom stereocenters. The molecule has 0 aromatic heterocycles. The Bertz CT molecular complexity index is 1230. The second kappa shape index (κ2) is 8.66. The molecule has 4 aromatic rings. The summed E-state index contributed by atoms with van der Waals surface area (Å²) < 4.78 is 0. The molecule has 2 N–H and O–H groups in total. The topological polar surface area (TPSA) is 64.8 Å². The lowest BCUT2D eigenvalue weighted by molar-refractivity contribution is 0.112. The van der Waals surface area contributed by atoms with E-state index in [4.69, 9.17) is 10.8 Å². The lowest BCUT2D eigenvalue weighted by Crippen LogP contribution is -2.16. The summed E-state index contributed by atoms with van der Waals surface area (Å²) in [4.78, 5) is 12.2. The standard InChI is InChI=1S/C27H22N2O/c28-25(15-19-9-3-1-4-10-19)23-17-21-13-7-8-14-22(21)24(18-30)27(23)26(29)16-20-11-5-2-6-12-20/h1-14,17-18,28-29H,15-16H2. The zero-order valence-electron chi connectivity index (χ0n) is 16.6. The summed E-state index contributed by atoms with van der Waals surface area (Å²) in [5, 5.41) is 19.4. The SMILES string of the molecule is N=C(Cc1ccccc1)c1cc2ccccc2c(C=O)c1C(=N)Cc1ccccc1. The van der Waals surface area contributed by atoms with Crippen molar-refractivity contribution < 1.29 is 4.79 Å². The number of aldehydes is 1. The van der Waals surface area contributed by atoms with Gasteiger partial charge in [-0.25, -0.2) is 0 Å². The number of benzene rings is 4. The smallest absolute Gasteiger partial charge is 0.151 e. The summed E-state index contributed by atoms with van der Waals surface area (Å²) >= 11 is 0. The first-order valence-corrected chi connectivity index (χ1v) is 9.91. The van der Waals surface area contributed by atoms with Crippen LogP contribution < -0.4 is 0 Å². The minimum atomic E-state index is 0.349. The first-order chi connectivity index (χ1) is 14.7. The Morgan fingerprint density at radius 3 is 1.83 bits per heavy atom. The normalized spacial score (nSPS) is 10.7. The van der Waals surface area contributed by atoms with Crippen LogP contribution in [0.1, 0.15) is 32.6 Å². The van der Waals surface area contributed by atoms with Crippen molar-refractivity contribution in [2.75, 3.05) is 0 Å². The number of nitrogens with one attached hydrogen (secondary N) is 2. The maximum absolute atomic E-state index is 12.2. The Kier molecular flexibility index (Phi) is 5.62. The van der Waals surface area contributed by atoms with E-state index in [0.717, 1.165) is 28.2 Å². The Morgan fingerprint density at radius 2 is 1.23 bits per heavy atom. The highest BCUT2D eigenvalue weighted by Gasteiger charge is 2.20. The quantitative estimate of drug-likeness (QED) is 0.301. The minimum Gasteiger partial charge on any atom is -0.304 e. The fourth-order valence-electron chi connectivity index (χ4n) is 3.84. The van der Waals surface area contributed by atoms with Gasteiger partial charge in [-0.15, -0.1) is 0 Å². The second-order valence-corrected chi connectivity index (χ2v) is 7.33. The number of carbonyl (C=O) groups is 1. The van der Waals surface area contributed by atoms with E-state index in [1.807, 2.05) is 91.0 Å². The fourth-order valence-corrected chi connectivity index (χ4v) is 3.84. The molecule has 0 spiro atoms. The third kappa shape index (κ3) is 3.96. The van der Waals surface area contributed by atoms with Crippen molar-refractivity contribution in [3.05, 3.63) is 119 Å². The highest BCUT2D eigenvalue weighted by atomic mass is 16.1. The first kappa shape index (κ1) is 19.5. The van der Waals surface area contributed by atoms with Gasteiger partial charge >= 0.3 is 0 Å². The van der Waals surface area contributed by atoms with Crippen LogP contribution >= 0.6 is 0 Å². The van der Waals surface area contributed by atoms with Crippen LogP contribution in [0.15, 0.2) is 91.0 Å². The summed E-state index contributed by atoms with van der Waals surface area (Å²) in [7, 11) is 0. The van der Waals surface area contributed by atoms with Gasteiger partial charge < -0.3 is 10.8 Å². The molecule has 3 nitrogen and oxygen atoms in total. The molecule has 0 saturated heterocycles. The highest BCUT2D eigenvalue weighted by Crippen LogP contribution is 2.27. The summed E-state index contributed by atoms with van der Waals surface area (Å²) in [6, 6.07) is 29.3. The molecule has 4 rings (SSSR count). The van der Waals surface area contributed by atoms with Crippen molar-refractivity contribution in [1.29, 1.82) is 10.8 Å². The maximum Gasteiger partial charge on any atom is 0.151 e. The van der Waals surface area contributed by atoms with Crippen molar-refractivity contribution in [2.45, 2.75) is 12.8 Å². The number of rotatable bonds is 7. The van der Waals surface area contributed by atoms with Gasteiger partial charge in [-0.05, 0) is 28.0 Å². The molecular formula is C27H22N2O. The van der Waals surface area contributed by atoms with Gasteiger partial charge in [0.25, 0.3) is 0 Å². The van der Waals surface area contributed by atoms with E-state index in [-0.39, 0.29) is 0 Å². The molecule has 0 heterocycles. The summed E-state index contributed by atoms with van der Waals surface area (Å²) in [5.74, 6) is 0. The maximum atomic E-state index is 12.2. The van der Waals surface area contributed by atoms with Crippen molar-refractivity contribution in [1.82, 2.24) is 0 Å². The zero-order chi connectivity index (χ0) is 20.9. The van der Waals surface area contributed by atoms with E-state index in [9.17, 15) is 4.79 Å². The van der Waals surface area contributed by atoms with Crippen LogP contribution in [-0.2, 0) is 12.8 Å². The molecule has 146 valence electrons. The molecular weight excluding hydrogens is 368 g/mol. The first-order valence-electron chi connectivity index (χ1n) is 9.91. The lowest BCUT2D eigenvalue weighted by Gasteiger charge is -2.17. The summed E-state index contributed by atoms with van der Waals surface area (Å²) in [6.07, 6.45) is 1.69. The minimum absolute atomic E-state index is 0.349. The van der Waals surface area contributed by atoms with E-state index >= 15 is 0 Å².